The third-order valence-electron chi connectivity index (χ3n) is 7.86. The van der Waals surface area contributed by atoms with E-state index in [9.17, 15) is 19.5 Å². The zero-order chi connectivity index (χ0) is 27.0. The van der Waals surface area contributed by atoms with Gasteiger partial charge in [0.1, 0.15) is 6.04 Å². The van der Waals surface area contributed by atoms with Crippen molar-refractivity contribution in [2.75, 3.05) is 26.2 Å². The SMILES string of the molecule is C=CCN(CCC)C(=O)[C@H]1[C@@H]2SC3(CC2Br)C(C(=O)N(CC=C)C(C)(C)C)N([C@@H](CC)CO)C(=O)[C@H]13. The number of halogens is 1. The average Bonchev–Trinajstić information content (AvgIpc) is 3.40. The highest BCUT2D eigenvalue weighted by molar-refractivity contribution is 9.09. The van der Waals surface area contributed by atoms with Crippen LogP contribution in [-0.2, 0) is 14.4 Å². The molecule has 3 heterocycles. The molecule has 1 spiro atoms. The number of alkyl halides is 1. The molecular weight excluding hydrogens is 542 g/mol. The number of nitrogens with zero attached hydrogens (tertiary/aromatic N) is 3. The quantitative estimate of drug-likeness (QED) is 0.297. The maximum atomic E-state index is 14.4. The van der Waals surface area contributed by atoms with Gasteiger partial charge < -0.3 is 19.8 Å². The van der Waals surface area contributed by atoms with E-state index in [0.717, 1.165) is 6.42 Å². The number of aliphatic hydroxyl groups excluding tert-OH is 1. The Morgan fingerprint density at radius 2 is 1.89 bits per heavy atom. The molecule has 0 aliphatic carbocycles. The molecule has 0 saturated carbocycles. The fraction of sp³-hybridized carbons (Fsp3) is 0.741. The van der Waals surface area contributed by atoms with Crippen LogP contribution >= 0.6 is 27.7 Å². The van der Waals surface area contributed by atoms with Gasteiger partial charge in [-0.15, -0.1) is 24.9 Å². The summed E-state index contributed by atoms with van der Waals surface area (Å²) >= 11 is 5.46. The Hall–Kier alpha value is -1.32. The molecule has 7 atom stereocenters. The summed E-state index contributed by atoms with van der Waals surface area (Å²) in [4.78, 5) is 47.8. The number of rotatable bonds is 11. The van der Waals surface area contributed by atoms with Crippen LogP contribution in [0.5, 0.6) is 0 Å². The lowest BCUT2D eigenvalue weighted by Crippen LogP contribution is -2.60. The van der Waals surface area contributed by atoms with Crippen LogP contribution < -0.4 is 0 Å². The first-order chi connectivity index (χ1) is 16.9. The zero-order valence-electron chi connectivity index (χ0n) is 22.3. The molecule has 36 heavy (non-hydrogen) atoms. The van der Waals surface area contributed by atoms with Crippen molar-refractivity contribution in [1.29, 1.82) is 0 Å². The molecule has 0 aromatic carbocycles. The summed E-state index contributed by atoms with van der Waals surface area (Å²) in [6.45, 7) is 18.7. The van der Waals surface area contributed by atoms with Crippen LogP contribution in [0.2, 0.25) is 0 Å². The molecule has 7 nitrogen and oxygen atoms in total. The van der Waals surface area contributed by atoms with Gasteiger partial charge in [0.25, 0.3) is 0 Å². The van der Waals surface area contributed by atoms with E-state index in [-0.39, 0.29) is 34.4 Å². The second-order valence-electron chi connectivity index (χ2n) is 11.1. The summed E-state index contributed by atoms with van der Waals surface area (Å²) in [6, 6.07) is -1.24. The van der Waals surface area contributed by atoms with E-state index in [4.69, 9.17) is 0 Å². The van der Waals surface area contributed by atoms with Crippen molar-refractivity contribution in [3.8, 4) is 0 Å². The Kier molecular flexibility index (Phi) is 9.09. The Balaban J connectivity index is 2.15. The molecule has 3 unspecified atom stereocenters. The Labute approximate surface area is 228 Å². The molecule has 3 saturated heterocycles. The molecule has 0 radical (unpaired) electrons. The maximum absolute atomic E-state index is 14.4. The minimum Gasteiger partial charge on any atom is -0.394 e. The van der Waals surface area contributed by atoms with Gasteiger partial charge in [-0.05, 0) is 40.0 Å². The molecule has 3 amide bonds. The smallest absolute Gasteiger partial charge is 0.247 e. The van der Waals surface area contributed by atoms with Crippen LogP contribution in [0.25, 0.3) is 0 Å². The lowest BCUT2D eigenvalue weighted by atomic mass is 9.70. The summed E-state index contributed by atoms with van der Waals surface area (Å²) in [5.74, 6) is -1.47. The number of aliphatic hydroxyl groups is 1. The molecule has 3 aliphatic heterocycles. The number of thioether (sulfide) groups is 1. The van der Waals surface area contributed by atoms with Crippen LogP contribution in [0.15, 0.2) is 25.3 Å². The highest BCUT2D eigenvalue weighted by atomic mass is 79.9. The van der Waals surface area contributed by atoms with E-state index >= 15 is 0 Å². The molecule has 9 heteroatoms. The topological polar surface area (TPSA) is 81.2 Å². The Morgan fingerprint density at radius 3 is 2.39 bits per heavy atom. The summed E-state index contributed by atoms with van der Waals surface area (Å²) in [6.07, 6.45) is 5.38. The van der Waals surface area contributed by atoms with Gasteiger partial charge in [-0.3, -0.25) is 14.4 Å². The molecule has 202 valence electrons. The molecular formula is C27H42BrN3O4S. The predicted octanol–water partition coefficient (Wildman–Crippen LogP) is 3.46. The fourth-order valence-corrected chi connectivity index (χ4v) is 9.92. The number of hydrogen-bond acceptors (Lipinski definition) is 5. The highest BCUT2D eigenvalue weighted by Crippen LogP contribution is 2.68. The first-order valence-electron chi connectivity index (χ1n) is 13.0. The monoisotopic (exact) mass is 583 g/mol. The van der Waals surface area contributed by atoms with Crippen molar-refractivity contribution in [1.82, 2.24) is 14.7 Å². The lowest BCUT2D eigenvalue weighted by molar-refractivity contribution is -0.148. The second kappa shape index (κ2) is 11.2. The summed E-state index contributed by atoms with van der Waals surface area (Å²) in [5, 5.41) is 10.2. The number of hydrogen-bond donors (Lipinski definition) is 1. The number of carbonyl (C=O) groups excluding carboxylic acids is 3. The fourth-order valence-electron chi connectivity index (χ4n) is 6.34. The average molecular weight is 585 g/mol. The summed E-state index contributed by atoms with van der Waals surface area (Å²) < 4.78 is -0.730. The van der Waals surface area contributed by atoms with Crippen LogP contribution in [0.1, 0.15) is 53.9 Å². The highest BCUT2D eigenvalue weighted by Gasteiger charge is 2.76. The van der Waals surface area contributed by atoms with E-state index in [1.807, 2.05) is 34.6 Å². The molecule has 3 fully saturated rings. The standard InChI is InChI=1S/C27H42BrN3O4S/c1-8-12-29(13-9-2)23(33)19-20-24(34)31(17(11-4)16-32)22(27(20)15-18(28)21(19)36-27)25(35)30(14-10-3)26(5,6)7/h8,10,17-22,32H,1,3,9,11-16H2,2,4-7H3/t17-,18?,19+,20-,21+,22?,27?/m0/s1. The van der Waals surface area contributed by atoms with E-state index < -0.39 is 34.2 Å². The van der Waals surface area contributed by atoms with E-state index in [1.54, 1.807) is 38.6 Å². The minimum atomic E-state index is -0.752. The van der Waals surface area contributed by atoms with E-state index in [1.165, 1.54) is 0 Å². The molecule has 3 aliphatic rings. The maximum Gasteiger partial charge on any atom is 0.247 e. The van der Waals surface area contributed by atoms with E-state index in [2.05, 4.69) is 29.1 Å². The second-order valence-corrected chi connectivity index (χ2v) is 13.9. The molecule has 1 N–H and O–H groups in total. The third kappa shape index (κ3) is 4.68. The van der Waals surface area contributed by atoms with Gasteiger partial charge in [-0.1, -0.05) is 41.9 Å². The first kappa shape index (κ1) is 29.2. The first-order valence-corrected chi connectivity index (χ1v) is 14.8. The predicted molar refractivity (Wildman–Crippen MR) is 149 cm³/mol. The number of fused-ring (bicyclic) bond motifs is 1. The molecule has 0 aromatic rings. The van der Waals surface area contributed by atoms with Crippen LogP contribution in [0, 0.1) is 11.8 Å². The number of likely N-dealkylation sites (tertiary alicyclic amines) is 1. The van der Waals surface area contributed by atoms with Crippen molar-refractivity contribution >= 4 is 45.4 Å². The van der Waals surface area contributed by atoms with Crippen molar-refractivity contribution in [3.63, 3.8) is 0 Å². The lowest BCUT2D eigenvalue weighted by Gasteiger charge is -2.43. The minimum absolute atomic E-state index is 0.0136. The van der Waals surface area contributed by atoms with Gasteiger partial charge in [-0.25, -0.2) is 0 Å². The summed E-state index contributed by atoms with van der Waals surface area (Å²) in [7, 11) is 0. The van der Waals surface area contributed by atoms with Crippen LogP contribution in [0.3, 0.4) is 0 Å². The molecule has 2 bridgehead atoms. The van der Waals surface area contributed by atoms with Crippen LogP contribution in [0.4, 0.5) is 0 Å². The van der Waals surface area contributed by atoms with Gasteiger partial charge in [0.05, 0.1) is 29.2 Å². The van der Waals surface area contributed by atoms with Gasteiger partial charge in [0.2, 0.25) is 17.7 Å². The van der Waals surface area contributed by atoms with Crippen molar-refractivity contribution in [2.24, 2.45) is 11.8 Å². The largest absolute Gasteiger partial charge is 0.394 e. The number of amides is 3. The van der Waals surface area contributed by atoms with E-state index in [0.29, 0.717) is 32.5 Å². The van der Waals surface area contributed by atoms with Gasteiger partial charge in [0, 0.05) is 35.3 Å². The van der Waals surface area contributed by atoms with Crippen molar-refractivity contribution in [3.05, 3.63) is 25.3 Å². The van der Waals surface area contributed by atoms with Gasteiger partial charge >= 0.3 is 0 Å². The number of carbonyl (C=O) groups is 3. The van der Waals surface area contributed by atoms with Gasteiger partial charge in [-0.2, -0.15) is 0 Å². The van der Waals surface area contributed by atoms with Crippen molar-refractivity contribution < 1.29 is 19.5 Å². The third-order valence-corrected chi connectivity index (χ3v) is 11.1. The van der Waals surface area contributed by atoms with Gasteiger partial charge in [0.15, 0.2) is 0 Å². The molecule has 3 rings (SSSR count). The zero-order valence-corrected chi connectivity index (χ0v) is 24.7. The Bertz CT molecular complexity index is 889. The normalized spacial score (nSPS) is 31.8. The van der Waals surface area contributed by atoms with Crippen LogP contribution in [-0.4, -0.2) is 96.2 Å². The Morgan fingerprint density at radius 1 is 1.25 bits per heavy atom. The molecule has 0 aromatic heterocycles. The summed E-state index contributed by atoms with van der Waals surface area (Å²) in [5.41, 5.74) is -0.484. The van der Waals surface area contributed by atoms with Crippen molar-refractivity contribution in [2.45, 2.75) is 86.3 Å².